The zero-order valence-electron chi connectivity index (χ0n) is 12.8. The van der Waals surface area contributed by atoms with Crippen molar-refractivity contribution in [1.82, 2.24) is 9.97 Å². The summed E-state index contributed by atoms with van der Waals surface area (Å²) in [6.45, 7) is 3.33. The van der Waals surface area contributed by atoms with E-state index in [-0.39, 0.29) is 5.95 Å². The predicted octanol–water partition coefficient (Wildman–Crippen LogP) is 2.61. The topological polar surface area (TPSA) is 64.3 Å². The highest BCUT2D eigenvalue weighted by atomic mass is 19.1. The Morgan fingerprint density at radius 3 is 2.83 bits per heavy atom. The highest BCUT2D eigenvalue weighted by Gasteiger charge is 2.27. The van der Waals surface area contributed by atoms with Crippen LogP contribution in [-0.4, -0.2) is 29.7 Å². The summed E-state index contributed by atoms with van der Waals surface area (Å²) in [6.07, 6.45) is 0.780. The van der Waals surface area contributed by atoms with E-state index in [4.69, 9.17) is 10.5 Å². The molecule has 2 heterocycles. The van der Waals surface area contributed by atoms with Crippen LogP contribution in [0.5, 0.6) is 0 Å². The first-order valence-corrected chi connectivity index (χ1v) is 7.45. The third-order valence-corrected chi connectivity index (χ3v) is 3.81. The molecule has 0 unspecified atom stereocenters. The van der Waals surface area contributed by atoms with Gasteiger partial charge in [0.25, 0.3) is 0 Å². The molecule has 23 heavy (non-hydrogen) atoms. The molecule has 1 aliphatic rings. The van der Waals surface area contributed by atoms with Crippen LogP contribution in [0.15, 0.2) is 24.3 Å². The first-order valence-electron chi connectivity index (χ1n) is 7.45. The quantitative estimate of drug-likeness (QED) is 0.921. The van der Waals surface area contributed by atoms with Crippen molar-refractivity contribution in [3.63, 3.8) is 0 Å². The molecule has 3 rings (SSSR count). The Bertz CT molecular complexity index is 690. The van der Waals surface area contributed by atoms with Crippen molar-refractivity contribution in [3.8, 4) is 0 Å². The molecule has 1 aliphatic heterocycles. The van der Waals surface area contributed by atoms with Crippen molar-refractivity contribution in [2.24, 2.45) is 0 Å². The molecule has 2 N–H and O–H groups in total. The number of ether oxygens (including phenoxy) is 1. The fourth-order valence-electron chi connectivity index (χ4n) is 2.80. The fraction of sp³-hybridized carbons (Fsp3) is 0.375. The van der Waals surface area contributed by atoms with Gasteiger partial charge in [-0.3, -0.25) is 0 Å². The molecule has 5 nitrogen and oxygen atoms in total. The van der Waals surface area contributed by atoms with E-state index in [1.165, 1.54) is 12.1 Å². The molecule has 0 radical (unpaired) electrons. The van der Waals surface area contributed by atoms with E-state index in [1.54, 1.807) is 6.07 Å². The van der Waals surface area contributed by atoms with E-state index >= 15 is 0 Å². The summed E-state index contributed by atoms with van der Waals surface area (Å²) in [5.41, 5.74) is 6.85. The summed E-state index contributed by atoms with van der Waals surface area (Å²) >= 11 is 0. The normalized spacial score (nSPS) is 18.7. The van der Waals surface area contributed by atoms with Gasteiger partial charge in [-0.15, -0.1) is 0 Å². The Morgan fingerprint density at radius 2 is 2.09 bits per heavy atom. The van der Waals surface area contributed by atoms with Crippen molar-refractivity contribution in [2.45, 2.75) is 19.4 Å². The first kappa shape index (κ1) is 15.6. The van der Waals surface area contributed by atoms with Gasteiger partial charge in [0.05, 0.1) is 12.6 Å². The Labute approximate surface area is 133 Å². The summed E-state index contributed by atoms with van der Waals surface area (Å²) in [4.78, 5) is 10.3. The number of nitrogens with zero attached hydrogens (tertiary/aromatic N) is 3. The zero-order chi connectivity index (χ0) is 16.4. The SMILES string of the molecule is Cc1cc(N2CCCOC[C@H]2c2ccc(F)cc2F)nc(N)n1. The Hall–Kier alpha value is -2.28. The van der Waals surface area contributed by atoms with E-state index in [0.29, 0.717) is 31.1 Å². The summed E-state index contributed by atoms with van der Waals surface area (Å²) in [7, 11) is 0. The number of aromatic nitrogens is 2. The molecule has 1 aromatic heterocycles. The number of rotatable bonds is 2. The van der Waals surface area contributed by atoms with Gasteiger partial charge in [-0.05, 0) is 19.4 Å². The Kier molecular flexibility index (Phi) is 4.38. The zero-order valence-corrected chi connectivity index (χ0v) is 12.8. The van der Waals surface area contributed by atoms with Gasteiger partial charge in [0, 0.05) is 36.5 Å². The second kappa shape index (κ2) is 6.45. The van der Waals surface area contributed by atoms with Crippen molar-refractivity contribution in [2.75, 3.05) is 30.4 Å². The summed E-state index contributed by atoms with van der Waals surface area (Å²) in [6, 6.07) is 5.00. The molecule has 7 heteroatoms. The summed E-state index contributed by atoms with van der Waals surface area (Å²) in [5, 5.41) is 0. The molecule has 0 saturated carbocycles. The molecule has 1 fully saturated rings. The van der Waals surface area contributed by atoms with Crippen molar-refractivity contribution >= 4 is 11.8 Å². The molecule has 122 valence electrons. The molecule has 1 saturated heterocycles. The van der Waals surface area contributed by atoms with Crippen molar-refractivity contribution in [1.29, 1.82) is 0 Å². The maximum Gasteiger partial charge on any atom is 0.222 e. The van der Waals surface area contributed by atoms with Crippen LogP contribution in [0.3, 0.4) is 0 Å². The average molecular weight is 320 g/mol. The van der Waals surface area contributed by atoms with Crippen LogP contribution in [0.1, 0.15) is 23.7 Å². The largest absolute Gasteiger partial charge is 0.379 e. The second-order valence-electron chi connectivity index (χ2n) is 5.53. The maximum atomic E-state index is 14.2. The van der Waals surface area contributed by atoms with Gasteiger partial charge in [-0.1, -0.05) is 6.07 Å². The smallest absolute Gasteiger partial charge is 0.222 e. The fourth-order valence-corrected chi connectivity index (χ4v) is 2.80. The van der Waals surface area contributed by atoms with Crippen molar-refractivity contribution in [3.05, 3.63) is 47.2 Å². The molecule has 0 spiro atoms. The lowest BCUT2D eigenvalue weighted by atomic mass is 10.0. The number of benzene rings is 1. The minimum absolute atomic E-state index is 0.170. The number of hydrogen-bond donors (Lipinski definition) is 1. The van der Waals surface area contributed by atoms with Gasteiger partial charge < -0.3 is 15.4 Å². The van der Waals surface area contributed by atoms with E-state index in [9.17, 15) is 8.78 Å². The monoisotopic (exact) mass is 320 g/mol. The van der Waals surface area contributed by atoms with Crippen molar-refractivity contribution < 1.29 is 13.5 Å². The molecular formula is C16H18F2N4O. The van der Waals surface area contributed by atoms with Crippen LogP contribution in [0, 0.1) is 18.6 Å². The first-order chi connectivity index (χ1) is 11.0. The predicted molar refractivity (Wildman–Crippen MR) is 83.1 cm³/mol. The van der Waals surface area contributed by atoms with Crippen LogP contribution in [0.25, 0.3) is 0 Å². The van der Waals surface area contributed by atoms with Gasteiger partial charge in [0.1, 0.15) is 17.5 Å². The Morgan fingerprint density at radius 1 is 1.26 bits per heavy atom. The third kappa shape index (κ3) is 3.39. The van der Waals surface area contributed by atoms with Gasteiger partial charge in [0.2, 0.25) is 5.95 Å². The van der Waals surface area contributed by atoms with Crippen LogP contribution in [0.4, 0.5) is 20.5 Å². The molecule has 0 aliphatic carbocycles. The highest BCUT2D eigenvalue weighted by Crippen LogP contribution is 2.30. The second-order valence-corrected chi connectivity index (χ2v) is 5.53. The van der Waals surface area contributed by atoms with E-state index < -0.39 is 17.7 Å². The standard InChI is InChI=1S/C16H18F2N4O/c1-10-7-15(21-16(19)20-10)22-5-2-6-23-9-14(22)12-4-3-11(17)8-13(12)18/h3-4,7-8,14H,2,5-6,9H2,1H3,(H2,19,20,21)/t14-/m0/s1. The number of hydrogen-bond acceptors (Lipinski definition) is 5. The van der Waals surface area contributed by atoms with Crippen LogP contribution in [-0.2, 0) is 4.74 Å². The maximum absolute atomic E-state index is 14.2. The molecule has 1 atom stereocenters. The summed E-state index contributed by atoms with van der Waals surface area (Å²) in [5.74, 6) is -0.406. The Balaban J connectivity index is 2.03. The minimum Gasteiger partial charge on any atom is -0.379 e. The lowest BCUT2D eigenvalue weighted by molar-refractivity contribution is 0.133. The van der Waals surface area contributed by atoms with Gasteiger partial charge in [0.15, 0.2) is 0 Å². The lowest BCUT2D eigenvalue weighted by Crippen LogP contribution is -2.32. The highest BCUT2D eigenvalue weighted by molar-refractivity contribution is 5.46. The van der Waals surface area contributed by atoms with Gasteiger partial charge in [-0.25, -0.2) is 13.8 Å². The third-order valence-electron chi connectivity index (χ3n) is 3.81. The van der Waals surface area contributed by atoms with Crippen LogP contribution >= 0.6 is 0 Å². The summed E-state index contributed by atoms with van der Waals surface area (Å²) < 4.78 is 33.0. The minimum atomic E-state index is -0.602. The average Bonchev–Trinajstić information content (AvgIpc) is 2.72. The molecule has 0 amide bonds. The number of aryl methyl sites for hydroxylation is 1. The van der Waals surface area contributed by atoms with Crippen LogP contribution < -0.4 is 10.6 Å². The van der Waals surface area contributed by atoms with E-state index in [2.05, 4.69) is 9.97 Å². The van der Waals surface area contributed by atoms with Gasteiger partial charge >= 0.3 is 0 Å². The van der Waals surface area contributed by atoms with E-state index in [1.807, 2.05) is 11.8 Å². The number of anilines is 2. The van der Waals surface area contributed by atoms with Gasteiger partial charge in [-0.2, -0.15) is 4.98 Å². The van der Waals surface area contributed by atoms with E-state index in [0.717, 1.165) is 18.2 Å². The number of halogens is 2. The molecule has 1 aromatic carbocycles. The molecule has 0 bridgehead atoms. The lowest BCUT2D eigenvalue weighted by Gasteiger charge is -2.31. The number of nitrogens with two attached hydrogens (primary N) is 1. The molecule has 2 aromatic rings. The number of nitrogen functional groups attached to an aromatic ring is 1. The van der Waals surface area contributed by atoms with Crippen LogP contribution in [0.2, 0.25) is 0 Å². The molecular weight excluding hydrogens is 302 g/mol.